The lowest BCUT2D eigenvalue weighted by Gasteiger charge is -2.21. The van der Waals surface area contributed by atoms with Gasteiger partial charge in [-0.15, -0.1) is 0 Å². The average Bonchev–Trinajstić information content (AvgIpc) is 2.20. The summed E-state index contributed by atoms with van der Waals surface area (Å²) in [5.74, 6) is 0.817. The van der Waals surface area contributed by atoms with Gasteiger partial charge in [0.2, 0.25) is 0 Å². The van der Waals surface area contributed by atoms with E-state index < -0.39 is 0 Å². The summed E-state index contributed by atoms with van der Waals surface area (Å²) in [6, 6.07) is 0. The molecule has 0 unspecified atom stereocenters. The van der Waals surface area contributed by atoms with E-state index >= 15 is 0 Å². The lowest BCUT2D eigenvalue weighted by atomic mass is 10.0. The third kappa shape index (κ3) is 4.72. The highest BCUT2D eigenvalue weighted by Crippen LogP contribution is 2.14. The summed E-state index contributed by atoms with van der Waals surface area (Å²) in [5.41, 5.74) is 0. The van der Waals surface area contributed by atoms with Crippen LogP contribution in [0.3, 0.4) is 0 Å². The van der Waals surface area contributed by atoms with E-state index in [9.17, 15) is 4.79 Å². The molecule has 0 bridgehead atoms. The topological polar surface area (TPSA) is 35.5 Å². The first-order valence-electron chi connectivity index (χ1n) is 5.50. The van der Waals surface area contributed by atoms with Crippen LogP contribution >= 0.6 is 0 Å². The van der Waals surface area contributed by atoms with Crippen LogP contribution in [0.5, 0.6) is 0 Å². The van der Waals surface area contributed by atoms with Gasteiger partial charge in [-0.3, -0.25) is 4.79 Å². The minimum atomic E-state index is 0.222. The standard InChI is InChI=1S/C11H20O3/c1-2-3-11(12)9-14-8-10-4-6-13-7-5-10/h10H,2-9H2,1H3. The summed E-state index contributed by atoms with van der Waals surface area (Å²) in [7, 11) is 0. The highest BCUT2D eigenvalue weighted by atomic mass is 16.5. The molecule has 0 radical (unpaired) electrons. The minimum absolute atomic E-state index is 0.222. The van der Waals surface area contributed by atoms with Gasteiger partial charge >= 0.3 is 0 Å². The summed E-state index contributed by atoms with van der Waals surface area (Å²) in [5, 5.41) is 0. The van der Waals surface area contributed by atoms with Gasteiger partial charge in [-0.05, 0) is 25.2 Å². The van der Waals surface area contributed by atoms with Crippen molar-refractivity contribution in [3.8, 4) is 0 Å². The van der Waals surface area contributed by atoms with Crippen LogP contribution in [0.2, 0.25) is 0 Å². The summed E-state index contributed by atoms with van der Waals surface area (Å²) < 4.78 is 10.6. The Morgan fingerprint density at radius 1 is 1.43 bits per heavy atom. The molecule has 0 aliphatic carbocycles. The van der Waals surface area contributed by atoms with Crippen molar-refractivity contribution in [2.75, 3.05) is 26.4 Å². The first kappa shape index (κ1) is 11.7. The van der Waals surface area contributed by atoms with Gasteiger partial charge in [-0.25, -0.2) is 0 Å². The fourth-order valence-corrected chi connectivity index (χ4v) is 1.60. The van der Waals surface area contributed by atoms with Crippen molar-refractivity contribution in [1.29, 1.82) is 0 Å². The van der Waals surface area contributed by atoms with E-state index in [4.69, 9.17) is 9.47 Å². The fraction of sp³-hybridized carbons (Fsp3) is 0.909. The van der Waals surface area contributed by atoms with Crippen molar-refractivity contribution in [3.63, 3.8) is 0 Å². The van der Waals surface area contributed by atoms with Crippen molar-refractivity contribution in [3.05, 3.63) is 0 Å². The third-order valence-corrected chi connectivity index (χ3v) is 2.49. The Kier molecular flexibility index (Phi) is 5.80. The van der Waals surface area contributed by atoms with Gasteiger partial charge in [0, 0.05) is 19.6 Å². The maximum atomic E-state index is 11.1. The number of ketones is 1. The van der Waals surface area contributed by atoms with Crippen LogP contribution in [0.1, 0.15) is 32.6 Å². The molecule has 1 aliphatic rings. The number of hydrogen-bond donors (Lipinski definition) is 0. The SMILES string of the molecule is CCCC(=O)COCC1CCOCC1. The zero-order valence-corrected chi connectivity index (χ0v) is 8.96. The van der Waals surface area contributed by atoms with Crippen LogP contribution in [-0.4, -0.2) is 32.2 Å². The van der Waals surface area contributed by atoms with Gasteiger partial charge in [0.15, 0.2) is 5.78 Å². The Balaban J connectivity index is 1.99. The molecule has 3 nitrogen and oxygen atoms in total. The maximum absolute atomic E-state index is 11.1. The van der Waals surface area contributed by atoms with E-state index in [0.717, 1.165) is 39.1 Å². The molecule has 0 aromatic carbocycles. The molecule has 0 aromatic rings. The number of Topliss-reactive ketones (excluding diaryl/α,β-unsaturated/α-hetero) is 1. The molecule has 3 heteroatoms. The Hall–Kier alpha value is -0.410. The van der Waals surface area contributed by atoms with E-state index in [1.54, 1.807) is 0 Å². The quantitative estimate of drug-likeness (QED) is 0.656. The van der Waals surface area contributed by atoms with Crippen LogP contribution < -0.4 is 0 Å². The molecule has 14 heavy (non-hydrogen) atoms. The Morgan fingerprint density at radius 2 is 2.14 bits per heavy atom. The number of carbonyl (C=O) groups is 1. The van der Waals surface area contributed by atoms with Crippen LogP contribution in [0.15, 0.2) is 0 Å². The molecule has 1 aliphatic heterocycles. The molecular weight excluding hydrogens is 180 g/mol. The largest absolute Gasteiger partial charge is 0.381 e. The van der Waals surface area contributed by atoms with E-state index in [2.05, 4.69) is 0 Å². The Morgan fingerprint density at radius 3 is 2.79 bits per heavy atom. The summed E-state index contributed by atoms with van der Waals surface area (Å²) in [6.45, 7) is 4.72. The van der Waals surface area contributed by atoms with Gasteiger partial charge in [0.05, 0.1) is 6.61 Å². The van der Waals surface area contributed by atoms with Crippen LogP contribution in [0, 0.1) is 5.92 Å². The molecule has 1 saturated heterocycles. The van der Waals surface area contributed by atoms with E-state index in [0.29, 0.717) is 18.9 Å². The van der Waals surface area contributed by atoms with Crippen LogP contribution in [0.25, 0.3) is 0 Å². The van der Waals surface area contributed by atoms with Crippen molar-refractivity contribution >= 4 is 5.78 Å². The molecule has 0 aromatic heterocycles. The second-order valence-corrected chi connectivity index (χ2v) is 3.86. The monoisotopic (exact) mass is 200 g/mol. The number of hydrogen-bond acceptors (Lipinski definition) is 3. The Labute approximate surface area is 85.8 Å². The van der Waals surface area contributed by atoms with Gasteiger partial charge in [-0.1, -0.05) is 6.92 Å². The molecule has 0 saturated carbocycles. The van der Waals surface area contributed by atoms with Crippen molar-refractivity contribution in [2.24, 2.45) is 5.92 Å². The lowest BCUT2D eigenvalue weighted by Crippen LogP contribution is -2.21. The molecule has 82 valence electrons. The predicted molar refractivity (Wildman–Crippen MR) is 54.3 cm³/mol. The van der Waals surface area contributed by atoms with Crippen LogP contribution in [0.4, 0.5) is 0 Å². The van der Waals surface area contributed by atoms with Crippen molar-refractivity contribution < 1.29 is 14.3 Å². The molecule has 0 atom stereocenters. The zero-order chi connectivity index (χ0) is 10.2. The molecular formula is C11H20O3. The first-order valence-corrected chi connectivity index (χ1v) is 5.50. The Bertz CT molecular complexity index is 162. The maximum Gasteiger partial charge on any atom is 0.158 e. The van der Waals surface area contributed by atoms with Crippen molar-refractivity contribution in [1.82, 2.24) is 0 Å². The van der Waals surface area contributed by atoms with Crippen LogP contribution in [-0.2, 0) is 14.3 Å². The second-order valence-electron chi connectivity index (χ2n) is 3.86. The van der Waals surface area contributed by atoms with E-state index in [1.807, 2.05) is 6.92 Å². The summed E-state index contributed by atoms with van der Waals surface area (Å²) >= 11 is 0. The molecule has 1 fully saturated rings. The predicted octanol–water partition coefficient (Wildman–Crippen LogP) is 1.80. The number of carbonyl (C=O) groups excluding carboxylic acids is 1. The fourth-order valence-electron chi connectivity index (χ4n) is 1.60. The van der Waals surface area contributed by atoms with Gasteiger partial charge in [-0.2, -0.15) is 0 Å². The normalized spacial score (nSPS) is 18.4. The van der Waals surface area contributed by atoms with Gasteiger partial charge < -0.3 is 9.47 Å². The molecule has 1 rings (SSSR count). The average molecular weight is 200 g/mol. The van der Waals surface area contributed by atoms with Gasteiger partial charge in [0.1, 0.15) is 6.61 Å². The molecule has 1 heterocycles. The minimum Gasteiger partial charge on any atom is -0.381 e. The second kappa shape index (κ2) is 6.96. The number of ether oxygens (including phenoxy) is 2. The van der Waals surface area contributed by atoms with E-state index in [1.165, 1.54) is 0 Å². The van der Waals surface area contributed by atoms with E-state index in [-0.39, 0.29) is 5.78 Å². The smallest absolute Gasteiger partial charge is 0.158 e. The first-order chi connectivity index (χ1) is 6.83. The molecule has 0 N–H and O–H groups in total. The van der Waals surface area contributed by atoms with Crippen molar-refractivity contribution in [2.45, 2.75) is 32.6 Å². The summed E-state index contributed by atoms with van der Waals surface area (Å²) in [6.07, 6.45) is 3.71. The van der Waals surface area contributed by atoms with Gasteiger partial charge in [0.25, 0.3) is 0 Å². The highest BCUT2D eigenvalue weighted by molar-refractivity contribution is 5.79. The third-order valence-electron chi connectivity index (χ3n) is 2.49. The lowest BCUT2D eigenvalue weighted by molar-refractivity contribution is -0.124. The zero-order valence-electron chi connectivity index (χ0n) is 8.96. The summed E-state index contributed by atoms with van der Waals surface area (Å²) in [4.78, 5) is 11.1. The molecule has 0 amide bonds. The highest BCUT2D eigenvalue weighted by Gasteiger charge is 2.14. The number of rotatable bonds is 6. The molecule has 0 spiro atoms.